The van der Waals surface area contributed by atoms with Crippen LogP contribution in [-0.2, 0) is 11.9 Å². The number of nitro benzene ring substituents is 1. The molecule has 0 amide bonds. The van der Waals surface area contributed by atoms with E-state index in [4.69, 9.17) is 0 Å². The van der Waals surface area contributed by atoms with Crippen molar-refractivity contribution in [3.8, 4) is 0 Å². The lowest BCUT2D eigenvalue weighted by Crippen LogP contribution is -2.04. The molecule has 1 heterocycles. The van der Waals surface area contributed by atoms with Crippen LogP contribution in [0.25, 0.3) is 0 Å². The van der Waals surface area contributed by atoms with Crippen LogP contribution in [0.4, 0.5) is 24.5 Å². The average molecular weight is 340 g/mol. The number of aliphatic imine (C=N–C) groups is 1. The van der Waals surface area contributed by atoms with Gasteiger partial charge in [-0.15, -0.1) is 0 Å². The highest BCUT2D eigenvalue weighted by Crippen LogP contribution is 2.49. The zero-order valence-corrected chi connectivity index (χ0v) is 12.5. The Kier molecular flexibility index (Phi) is 3.85. The molecule has 1 atom stereocenters. The van der Waals surface area contributed by atoms with Crippen molar-refractivity contribution in [2.45, 2.75) is 16.8 Å². The Bertz CT molecular complexity index is 788. The molecule has 8 heteroatoms. The van der Waals surface area contributed by atoms with Gasteiger partial charge in [-0.05, 0) is 23.8 Å². The van der Waals surface area contributed by atoms with E-state index in [0.29, 0.717) is 11.4 Å². The number of thiol groups is 1. The van der Waals surface area contributed by atoms with Gasteiger partial charge in [-0.1, -0.05) is 12.1 Å². The lowest BCUT2D eigenvalue weighted by Gasteiger charge is -2.14. The normalized spacial score (nSPS) is 18.0. The van der Waals surface area contributed by atoms with Crippen LogP contribution in [0.5, 0.6) is 0 Å². The van der Waals surface area contributed by atoms with Crippen molar-refractivity contribution in [1.82, 2.24) is 0 Å². The minimum Gasteiger partial charge on any atom is -0.258 e. The highest BCUT2D eigenvalue weighted by Gasteiger charge is 2.30. The monoisotopic (exact) mass is 340 g/mol. The first-order valence-corrected chi connectivity index (χ1v) is 8.19. The van der Waals surface area contributed by atoms with E-state index in [1.54, 1.807) is 11.6 Å². The van der Waals surface area contributed by atoms with Crippen LogP contribution < -0.4 is 0 Å². The molecule has 120 valence electrons. The molecule has 3 rings (SSSR count). The third-order valence-corrected chi connectivity index (χ3v) is 5.55. The number of benzene rings is 2. The minimum absolute atomic E-state index is 0.0210. The van der Waals surface area contributed by atoms with Crippen LogP contribution in [0.2, 0.25) is 0 Å². The predicted molar refractivity (Wildman–Crippen MR) is 83.6 cm³/mol. The van der Waals surface area contributed by atoms with Crippen LogP contribution in [0.3, 0.4) is 0 Å². The second-order valence-corrected chi connectivity index (χ2v) is 6.97. The van der Waals surface area contributed by atoms with Crippen molar-refractivity contribution in [2.75, 3.05) is 0 Å². The van der Waals surface area contributed by atoms with Gasteiger partial charge in [-0.2, -0.15) is 24.1 Å². The lowest BCUT2D eigenvalue weighted by atomic mass is 10.1. The maximum Gasteiger partial charge on any atom is 0.416 e. The first kappa shape index (κ1) is 15.5. The molecule has 0 fully saturated rings. The fraction of sp³-hybridized carbons (Fsp3) is 0.133. The maximum absolute atomic E-state index is 12.6. The first-order chi connectivity index (χ1) is 10.8. The van der Waals surface area contributed by atoms with E-state index in [9.17, 15) is 23.3 Å². The molecule has 0 aliphatic carbocycles. The van der Waals surface area contributed by atoms with Crippen molar-refractivity contribution in [3.63, 3.8) is 0 Å². The fourth-order valence-electron chi connectivity index (χ4n) is 2.29. The summed E-state index contributed by atoms with van der Waals surface area (Å²) in [6.45, 7) is 0. The number of hydrogen-bond acceptors (Lipinski definition) is 3. The average Bonchev–Trinajstić information content (AvgIpc) is 2.89. The minimum atomic E-state index is -4.34. The number of fused-ring (bicyclic) bond motifs is 1. The number of nitrogens with zero attached hydrogens (tertiary/aromatic N) is 2. The summed E-state index contributed by atoms with van der Waals surface area (Å²) in [6.07, 6.45) is -4.34. The third-order valence-electron chi connectivity index (χ3n) is 3.45. The lowest BCUT2D eigenvalue weighted by molar-refractivity contribution is -0.384. The van der Waals surface area contributed by atoms with E-state index < -0.39 is 27.6 Å². The maximum atomic E-state index is 12.6. The zero-order chi connectivity index (χ0) is 16.6. The van der Waals surface area contributed by atoms with Gasteiger partial charge in [0.25, 0.3) is 5.69 Å². The number of hydrogen-bond donors (Lipinski definition) is 1. The zero-order valence-electron chi connectivity index (χ0n) is 11.6. The molecule has 23 heavy (non-hydrogen) atoms. The molecule has 0 aromatic heterocycles. The summed E-state index contributed by atoms with van der Waals surface area (Å²) in [5, 5.41) is 10.8. The quantitative estimate of drug-likeness (QED) is 0.493. The molecule has 2 aromatic carbocycles. The van der Waals surface area contributed by atoms with Gasteiger partial charge in [0.05, 0.1) is 16.2 Å². The van der Waals surface area contributed by atoms with Crippen molar-refractivity contribution in [3.05, 3.63) is 63.7 Å². The van der Waals surface area contributed by atoms with Crippen LogP contribution in [0.1, 0.15) is 11.1 Å². The van der Waals surface area contributed by atoms with E-state index in [1.165, 1.54) is 24.3 Å². The Morgan fingerprint density at radius 2 is 1.83 bits per heavy atom. The topological polar surface area (TPSA) is 55.5 Å². The summed E-state index contributed by atoms with van der Waals surface area (Å²) in [5.41, 5.74) is 2.39. The van der Waals surface area contributed by atoms with Crippen molar-refractivity contribution in [1.29, 1.82) is 0 Å². The number of non-ortho nitro benzene ring substituents is 1. The molecule has 1 unspecified atom stereocenters. The Morgan fingerprint density at radius 1 is 1.13 bits per heavy atom. The molecule has 0 spiro atoms. The third kappa shape index (κ3) is 3.21. The van der Waals surface area contributed by atoms with Gasteiger partial charge < -0.3 is 0 Å². The molecule has 4 nitrogen and oxygen atoms in total. The SMILES string of the molecule is O=[N+]([O-])c1ccc2c(c1)N=C[SH]2Cc1ccc(C(F)(F)F)cc1. The highest BCUT2D eigenvalue weighted by atomic mass is 32.2. The number of alkyl halides is 3. The van der Waals surface area contributed by atoms with Gasteiger partial charge in [-0.25, -0.2) is 0 Å². The Labute approximate surface area is 132 Å². The summed E-state index contributed by atoms with van der Waals surface area (Å²) in [6, 6.07) is 9.57. The molecular weight excluding hydrogens is 329 g/mol. The van der Waals surface area contributed by atoms with Gasteiger partial charge in [0.1, 0.15) is 0 Å². The van der Waals surface area contributed by atoms with Gasteiger partial charge in [0, 0.05) is 28.3 Å². The number of rotatable bonds is 3. The fourth-order valence-corrected chi connectivity index (χ4v) is 4.21. The molecule has 0 bridgehead atoms. The van der Waals surface area contributed by atoms with E-state index in [1.807, 2.05) is 0 Å². The van der Waals surface area contributed by atoms with Gasteiger partial charge >= 0.3 is 6.18 Å². The van der Waals surface area contributed by atoms with E-state index in [0.717, 1.165) is 22.6 Å². The molecule has 1 aliphatic heterocycles. The largest absolute Gasteiger partial charge is 0.416 e. The molecule has 0 saturated carbocycles. The standard InChI is InChI=1S/C15H11F3N2O2S/c16-15(17,18)11-3-1-10(2-4-11)8-23-9-19-13-7-12(20(21)22)5-6-14(13)23/h1-7,9,23H,8H2. The smallest absolute Gasteiger partial charge is 0.258 e. The van der Waals surface area contributed by atoms with Crippen LogP contribution in [-0.4, -0.2) is 10.5 Å². The van der Waals surface area contributed by atoms with Crippen molar-refractivity contribution < 1.29 is 18.1 Å². The Hall–Kier alpha value is -2.35. The summed E-state index contributed by atoms with van der Waals surface area (Å²) < 4.78 is 37.7. The first-order valence-electron chi connectivity index (χ1n) is 6.60. The molecule has 1 aliphatic rings. The molecular formula is C15H11F3N2O2S. The molecule has 2 aromatic rings. The van der Waals surface area contributed by atoms with Crippen LogP contribution in [0, 0.1) is 10.1 Å². The van der Waals surface area contributed by atoms with E-state index >= 15 is 0 Å². The van der Waals surface area contributed by atoms with Gasteiger partial charge in [-0.3, -0.25) is 15.1 Å². The van der Waals surface area contributed by atoms with Crippen LogP contribution in [0.15, 0.2) is 52.4 Å². The molecule has 0 N–H and O–H groups in total. The summed E-state index contributed by atoms with van der Waals surface area (Å²) in [5.74, 6) is 0.557. The Balaban J connectivity index is 1.79. The predicted octanol–water partition coefficient (Wildman–Crippen LogP) is 4.85. The summed E-state index contributed by atoms with van der Waals surface area (Å²) in [4.78, 5) is 15.4. The second kappa shape index (κ2) is 5.69. The van der Waals surface area contributed by atoms with Crippen molar-refractivity contribution in [2.24, 2.45) is 4.99 Å². The van der Waals surface area contributed by atoms with E-state index in [-0.39, 0.29) is 5.69 Å². The van der Waals surface area contributed by atoms with Gasteiger partial charge in [0.2, 0.25) is 0 Å². The number of halogens is 3. The van der Waals surface area contributed by atoms with E-state index in [2.05, 4.69) is 4.99 Å². The molecule has 0 saturated heterocycles. The Morgan fingerprint density at radius 3 is 2.43 bits per heavy atom. The summed E-state index contributed by atoms with van der Waals surface area (Å²) in [7, 11) is -0.802. The number of nitro groups is 1. The summed E-state index contributed by atoms with van der Waals surface area (Å²) >= 11 is 0. The van der Waals surface area contributed by atoms with Gasteiger partial charge in [0.15, 0.2) is 0 Å². The van der Waals surface area contributed by atoms with Crippen molar-refractivity contribution >= 4 is 27.8 Å². The van der Waals surface area contributed by atoms with Crippen LogP contribution >= 0.6 is 10.9 Å². The molecule has 0 radical (unpaired) electrons. The second-order valence-electron chi connectivity index (χ2n) is 5.00. The highest BCUT2D eigenvalue weighted by molar-refractivity contribution is 8.28.